The molecule has 0 aliphatic carbocycles. The first kappa shape index (κ1) is 6.92. The monoisotopic (exact) mass is 102 g/mol. The minimum absolute atomic E-state index is 0.905. The van der Waals surface area contributed by atoms with Gasteiger partial charge in [-0.2, -0.15) is 0 Å². The van der Waals surface area contributed by atoms with Crippen LogP contribution in [0, 0.1) is 6.10 Å². The lowest BCUT2D eigenvalue weighted by Crippen LogP contribution is -2.03. The number of rotatable bonds is 3. The van der Waals surface area contributed by atoms with Crippen molar-refractivity contribution in [3.05, 3.63) is 6.10 Å². The highest BCUT2D eigenvalue weighted by molar-refractivity contribution is 4.66. The smallest absolute Gasteiger partial charge is 0.117 e. The Morgan fingerprint density at radius 2 is 2.29 bits per heavy atom. The lowest BCUT2D eigenvalue weighted by molar-refractivity contribution is 0.145. The fraction of sp³-hybridized carbons (Fsp3) is 0.800. The lowest BCUT2D eigenvalue weighted by Gasteiger charge is -2.01. The lowest BCUT2D eigenvalue weighted by atomic mass is 10.2. The van der Waals surface area contributed by atoms with Gasteiger partial charge in [0.1, 0.15) is 6.10 Å². The third-order valence-corrected chi connectivity index (χ3v) is 0.803. The van der Waals surface area contributed by atoms with E-state index in [9.17, 15) is 0 Å². The molecule has 0 atom stereocenters. The first-order valence-electron chi connectivity index (χ1n) is 2.50. The molecule has 43 valence electrons. The molecule has 2 nitrogen and oxygen atoms in total. The van der Waals surface area contributed by atoms with E-state index < -0.39 is 0 Å². The summed E-state index contributed by atoms with van der Waals surface area (Å²) >= 11 is 0. The summed E-state index contributed by atoms with van der Waals surface area (Å²) in [5.41, 5.74) is 0. The summed E-state index contributed by atoms with van der Waals surface area (Å²) < 4.78 is 0. The summed E-state index contributed by atoms with van der Waals surface area (Å²) in [6.45, 7) is 3.96. The van der Waals surface area contributed by atoms with Crippen molar-refractivity contribution in [1.82, 2.24) is 0 Å². The van der Waals surface area contributed by atoms with Crippen molar-refractivity contribution in [3.8, 4) is 0 Å². The Bertz CT molecular complexity index is 39.1. The van der Waals surface area contributed by atoms with Gasteiger partial charge in [0.15, 0.2) is 0 Å². The quantitative estimate of drug-likeness (QED) is 0.544. The second kappa shape index (κ2) is 4.09. The molecular weight excluding hydrogens is 90.1 g/mol. The largest absolute Gasteiger partial charge is 0.295 e. The maximum Gasteiger partial charge on any atom is 0.117 e. The average Bonchev–Trinajstić information content (AvgIpc) is 1.68. The molecule has 0 saturated heterocycles. The molecule has 0 aromatic carbocycles. The molecule has 0 unspecified atom stereocenters. The van der Waals surface area contributed by atoms with Crippen LogP contribution in [0.5, 0.6) is 0 Å². The standard InChI is InChI=1S/C5H12NO/c1-3-4-5(2)7-6/h3-4,6H2,1-2H3. The van der Waals surface area contributed by atoms with Crippen LogP contribution in [-0.2, 0) is 4.84 Å². The zero-order chi connectivity index (χ0) is 5.70. The van der Waals surface area contributed by atoms with Crippen molar-refractivity contribution >= 4 is 0 Å². The second-order valence-corrected chi connectivity index (χ2v) is 1.57. The van der Waals surface area contributed by atoms with Gasteiger partial charge in [0.05, 0.1) is 0 Å². The topological polar surface area (TPSA) is 35.2 Å². The average molecular weight is 102 g/mol. The number of hydrogen-bond donors (Lipinski definition) is 1. The Morgan fingerprint density at radius 3 is 2.43 bits per heavy atom. The fourth-order valence-electron chi connectivity index (χ4n) is 0.411. The van der Waals surface area contributed by atoms with Gasteiger partial charge in [-0.3, -0.25) is 4.84 Å². The summed E-state index contributed by atoms with van der Waals surface area (Å²) in [4.78, 5) is 4.41. The third-order valence-electron chi connectivity index (χ3n) is 0.803. The minimum Gasteiger partial charge on any atom is -0.295 e. The van der Waals surface area contributed by atoms with Gasteiger partial charge >= 0.3 is 0 Å². The molecular formula is C5H12NO. The highest BCUT2D eigenvalue weighted by Gasteiger charge is 1.95. The van der Waals surface area contributed by atoms with E-state index in [-0.39, 0.29) is 0 Å². The zero-order valence-electron chi connectivity index (χ0n) is 4.90. The van der Waals surface area contributed by atoms with E-state index in [0.29, 0.717) is 0 Å². The molecule has 7 heavy (non-hydrogen) atoms. The van der Waals surface area contributed by atoms with E-state index in [1.807, 2.05) is 6.92 Å². The van der Waals surface area contributed by atoms with Crippen molar-refractivity contribution in [3.63, 3.8) is 0 Å². The van der Waals surface area contributed by atoms with Gasteiger partial charge < -0.3 is 0 Å². The Balaban J connectivity index is 2.83. The summed E-state index contributed by atoms with van der Waals surface area (Å²) in [6.07, 6.45) is 2.97. The van der Waals surface area contributed by atoms with Crippen LogP contribution >= 0.6 is 0 Å². The molecule has 0 rings (SSSR count). The van der Waals surface area contributed by atoms with Crippen molar-refractivity contribution in [2.24, 2.45) is 5.90 Å². The summed E-state index contributed by atoms with van der Waals surface area (Å²) in [5, 5.41) is 0. The minimum atomic E-state index is 0.905. The van der Waals surface area contributed by atoms with E-state index in [1.165, 1.54) is 0 Å². The molecule has 0 saturated carbocycles. The highest BCUT2D eigenvalue weighted by atomic mass is 16.6. The molecule has 0 heterocycles. The van der Waals surface area contributed by atoms with Crippen molar-refractivity contribution in [2.45, 2.75) is 26.7 Å². The van der Waals surface area contributed by atoms with Gasteiger partial charge in [0, 0.05) is 0 Å². The van der Waals surface area contributed by atoms with Gasteiger partial charge in [-0.05, 0) is 13.3 Å². The highest BCUT2D eigenvalue weighted by Crippen LogP contribution is 2.04. The predicted molar refractivity (Wildman–Crippen MR) is 29.1 cm³/mol. The zero-order valence-corrected chi connectivity index (χ0v) is 4.90. The Hall–Kier alpha value is -0.0800. The van der Waals surface area contributed by atoms with Gasteiger partial charge in [0.2, 0.25) is 0 Å². The van der Waals surface area contributed by atoms with Crippen LogP contribution in [0.3, 0.4) is 0 Å². The molecule has 0 aromatic heterocycles. The molecule has 0 aliphatic heterocycles. The van der Waals surface area contributed by atoms with Gasteiger partial charge in [0.25, 0.3) is 0 Å². The second-order valence-electron chi connectivity index (χ2n) is 1.57. The summed E-state index contributed by atoms with van der Waals surface area (Å²) in [6, 6.07) is 0. The fourth-order valence-corrected chi connectivity index (χ4v) is 0.411. The molecule has 0 spiro atoms. The molecule has 0 bridgehead atoms. The van der Waals surface area contributed by atoms with Crippen LogP contribution in [0.4, 0.5) is 0 Å². The molecule has 0 aliphatic rings. The van der Waals surface area contributed by atoms with E-state index in [2.05, 4.69) is 11.8 Å². The third kappa shape index (κ3) is 3.76. The van der Waals surface area contributed by atoms with E-state index >= 15 is 0 Å². The molecule has 0 fully saturated rings. The summed E-state index contributed by atoms with van der Waals surface area (Å²) in [5.74, 6) is 4.82. The van der Waals surface area contributed by atoms with E-state index in [0.717, 1.165) is 18.9 Å². The van der Waals surface area contributed by atoms with Crippen molar-refractivity contribution in [2.75, 3.05) is 0 Å². The first-order valence-corrected chi connectivity index (χ1v) is 2.50. The Kier molecular flexibility index (Phi) is 4.04. The van der Waals surface area contributed by atoms with Crippen LogP contribution < -0.4 is 5.90 Å². The van der Waals surface area contributed by atoms with Crippen molar-refractivity contribution < 1.29 is 4.84 Å². The molecule has 1 radical (unpaired) electrons. The van der Waals surface area contributed by atoms with Gasteiger partial charge in [-0.25, -0.2) is 5.90 Å². The van der Waals surface area contributed by atoms with Crippen LogP contribution in [0.15, 0.2) is 0 Å². The number of hydrogen-bond acceptors (Lipinski definition) is 2. The van der Waals surface area contributed by atoms with Crippen LogP contribution in [-0.4, -0.2) is 0 Å². The van der Waals surface area contributed by atoms with Gasteiger partial charge in [-0.1, -0.05) is 13.3 Å². The van der Waals surface area contributed by atoms with Crippen LogP contribution in [0.25, 0.3) is 0 Å². The van der Waals surface area contributed by atoms with Gasteiger partial charge in [-0.15, -0.1) is 0 Å². The first-order chi connectivity index (χ1) is 3.31. The Morgan fingerprint density at radius 1 is 1.71 bits per heavy atom. The Labute approximate surface area is 44.6 Å². The summed E-state index contributed by atoms with van der Waals surface area (Å²) in [7, 11) is 0. The van der Waals surface area contributed by atoms with Crippen molar-refractivity contribution in [1.29, 1.82) is 0 Å². The van der Waals surface area contributed by atoms with E-state index in [4.69, 9.17) is 5.90 Å². The molecule has 2 heteroatoms. The van der Waals surface area contributed by atoms with E-state index in [1.54, 1.807) is 0 Å². The maximum absolute atomic E-state index is 4.82. The molecule has 2 N–H and O–H groups in total. The SMILES string of the molecule is CCC[C](C)ON. The predicted octanol–water partition coefficient (Wildman–Crippen LogP) is 1.23. The number of nitrogens with two attached hydrogens (primary N) is 1. The van der Waals surface area contributed by atoms with Crippen LogP contribution in [0.1, 0.15) is 26.7 Å². The molecule has 0 aromatic rings. The van der Waals surface area contributed by atoms with Crippen LogP contribution in [0.2, 0.25) is 0 Å². The normalized spacial score (nSPS) is 10.3. The molecule has 0 amide bonds. The maximum atomic E-state index is 4.82.